The summed E-state index contributed by atoms with van der Waals surface area (Å²) in [4.78, 5) is 0. The van der Waals surface area contributed by atoms with Gasteiger partial charge in [0.15, 0.2) is 0 Å². The van der Waals surface area contributed by atoms with E-state index in [-0.39, 0.29) is 0 Å². The Labute approximate surface area is 109 Å². The van der Waals surface area contributed by atoms with Crippen LogP contribution in [0, 0.1) is 0 Å². The molecule has 0 fully saturated rings. The Morgan fingerprint density at radius 3 is 2.17 bits per heavy atom. The molecule has 1 heteroatoms. The molecule has 0 unspecified atom stereocenters. The number of ether oxygens (including phenoxy) is 1. The second-order valence-electron chi connectivity index (χ2n) is 4.48. The Bertz CT molecular complexity index is 485. The molecule has 1 nitrogen and oxygen atoms in total. The lowest BCUT2D eigenvalue weighted by atomic mass is 10.0. The lowest BCUT2D eigenvalue weighted by Crippen LogP contribution is -1.95. The van der Waals surface area contributed by atoms with Crippen LogP contribution in [0.15, 0.2) is 48.5 Å². The quantitative estimate of drug-likeness (QED) is 0.766. The molecule has 2 aromatic carbocycles. The van der Waals surface area contributed by atoms with Crippen molar-refractivity contribution < 1.29 is 4.74 Å². The monoisotopic (exact) mass is 240 g/mol. The predicted molar refractivity (Wildman–Crippen MR) is 76.2 cm³/mol. The second-order valence-corrected chi connectivity index (χ2v) is 4.48. The summed E-state index contributed by atoms with van der Waals surface area (Å²) in [5.74, 6) is 0.989. The summed E-state index contributed by atoms with van der Waals surface area (Å²) in [6.07, 6.45) is 3.19. The van der Waals surface area contributed by atoms with Crippen molar-refractivity contribution in [2.75, 3.05) is 7.11 Å². The zero-order valence-electron chi connectivity index (χ0n) is 11.1. The molecular formula is C17H20O. The van der Waals surface area contributed by atoms with Crippen LogP contribution >= 0.6 is 0 Å². The number of benzene rings is 2. The fraction of sp³-hybridized carbons (Fsp3) is 0.294. The highest BCUT2D eigenvalue weighted by Gasteiger charge is 2.02. The standard InChI is InChI=1S/C17H20O/c1-3-14-8-10-15(11-9-14)12-13-16-6-4-5-7-17(16)18-2/h4-11H,3,12-13H2,1-2H3. The van der Waals surface area contributed by atoms with Gasteiger partial charge in [-0.25, -0.2) is 0 Å². The molecule has 0 aliphatic heterocycles. The summed E-state index contributed by atoms with van der Waals surface area (Å²) in [7, 11) is 1.73. The molecule has 0 aromatic heterocycles. The van der Waals surface area contributed by atoms with Crippen molar-refractivity contribution in [1.29, 1.82) is 0 Å². The van der Waals surface area contributed by atoms with E-state index in [9.17, 15) is 0 Å². The van der Waals surface area contributed by atoms with E-state index in [2.05, 4.69) is 43.3 Å². The smallest absolute Gasteiger partial charge is 0.122 e. The third kappa shape index (κ3) is 3.13. The van der Waals surface area contributed by atoms with Crippen LogP contribution in [0.2, 0.25) is 0 Å². The first-order chi connectivity index (χ1) is 8.83. The number of aryl methyl sites for hydroxylation is 3. The van der Waals surface area contributed by atoms with Crippen LogP contribution in [0.3, 0.4) is 0 Å². The molecule has 0 aliphatic rings. The highest BCUT2D eigenvalue weighted by molar-refractivity contribution is 5.34. The van der Waals surface area contributed by atoms with E-state index in [0.29, 0.717) is 0 Å². The van der Waals surface area contributed by atoms with E-state index in [4.69, 9.17) is 4.74 Å². The van der Waals surface area contributed by atoms with E-state index in [1.54, 1.807) is 7.11 Å². The fourth-order valence-electron chi connectivity index (χ4n) is 2.13. The zero-order chi connectivity index (χ0) is 12.8. The van der Waals surface area contributed by atoms with Crippen LogP contribution in [0.25, 0.3) is 0 Å². The molecule has 2 rings (SSSR count). The van der Waals surface area contributed by atoms with Crippen LogP contribution < -0.4 is 4.74 Å². The molecule has 0 radical (unpaired) electrons. The molecular weight excluding hydrogens is 220 g/mol. The summed E-state index contributed by atoms with van der Waals surface area (Å²) in [5, 5.41) is 0. The lowest BCUT2D eigenvalue weighted by molar-refractivity contribution is 0.409. The molecule has 0 atom stereocenters. The largest absolute Gasteiger partial charge is 0.496 e. The van der Waals surface area contributed by atoms with Gasteiger partial charge in [0.2, 0.25) is 0 Å². The summed E-state index contributed by atoms with van der Waals surface area (Å²) in [6, 6.07) is 17.1. The zero-order valence-corrected chi connectivity index (χ0v) is 11.1. The fourth-order valence-corrected chi connectivity index (χ4v) is 2.13. The Balaban J connectivity index is 2.02. The molecule has 0 heterocycles. The van der Waals surface area contributed by atoms with Gasteiger partial charge < -0.3 is 4.74 Å². The third-order valence-electron chi connectivity index (χ3n) is 3.31. The van der Waals surface area contributed by atoms with Gasteiger partial charge in [-0.05, 0) is 42.0 Å². The normalized spacial score (nSPS) is 10.3. The molecule has 0 N–H and O–H groups in total. The highest BCUT2D eigenvalue weighted by atomic mass is 16.5. The summed E-state index contributed by atoms with van der Waals surface area (Å²) in [5.41, 5.74) is 4.06. The van der Waals surface area contributed by atoms with Crippen LogP contribution in [0.1, 0.15) is 23.6 Å². The molecule has 0 bridgehead atoms. The highest BCUT2D eigenvalue weighted by Crippen LogP contribution is 2.19. The first kappa shape index (κ1) is 12.7. The van der Waals surface area contributed by atoms with Crippen molar-refractivity contribution >= 4 is 0 Å². The minimum absolute atomic E-state index is 0.989. The maximum absolute atomic E-state index is 5.37. The minimum atomic E-state index is 0.989. The van der Waals surface area contributed by atoms with Crippen molar-refractivity contribution in [2.45, 2.75) is 26.2 Å². The summed E-state index contributed by atoms with van der Waals surface area (Å²) in [6.45, 7) is 2.18. The Morgan fingerprint density at radius 1 is 0.833 bits per heavy atom. The number of hydrogen-bond donors (Lipinski definition) is 0. The van der Waals surface area contributed by atoms with Crippen LogP contribution in [-0.2, 0) is 19.3 Å². The maximum atomic E-state index is 5.37. The van der Waals surface area contributed by atoms with Crippen LogP contribution in [-0.4, -0.2) is 7.11 Å². The van der Waals surface area contributed by atoms with E-state index in [0.717, 1.165) is 25.0 Å². The number of methoxy groups -OCH3 is 1. The number of rotatable bonds is 5. The van der Waals surface area contributed by atoms with Crippen molar-refractivity contribution in [3.63, 3.8) is 0 Å². The molecule has 18 heavy (non-hydrogen) atoms. The maximum Gasteiger partial charge on any atom is 0.122 e. The molecule has 0 saturated heterocycles. The van der Waals surface area contributed by atoms with Crippen LogP contribution in [0.5, 0.6) is 5.75 Å². The molecule has 0 spiro atoms. The molecule has 94 valence electrons. The van der Waals surface area contributed by atoms with Crippen molar-refractivity contribution in [1.82, 2.24) is 0 Å². The topological polar surface area (TPSA) is 9.23 Å². The van der Waals surface area contributed by atoms with Gasteiger partial charge in [-0.3, -0.25) is 0 Å². The van der Waals surface area contributed by atoms with Gasteiger partial charge in [0.05, 0.1) is 7.11 Å². The average molecular weight is 240 g/mol. The molecule has 0 aliphatic carbocycles. The molecule has 2 aromatic rings. The van der Waals surface area contributed by atoms with Crippen LogP contribution in [0.4, 0.5) is 0 Å². The Morgan fingerprint density at radius 2 is 1.50 bits per heavy atom. The third-order valence-corrected chi connectivity index (χ3v) is 3.31. The van der Waals surface area contributed by atoms with Crippen molar-refractivity contribution in [2.24, 2.45) is 0 Å². The van der Waals surface area contributed by atoms with Gasteiger partial charge in [-0.15, -0.1) is 0 Å². The first-order valence-corrected chi connectivity index (χ1v) is 6.53. The van der Waals surface area contributed by atoms with Gasteiger partial charge in [0.1, 0.15) is 5.75 Å². The van der Waals surface area contributed by atoms with Gasteiger partial charge in [0.25, 0.3) is 0 Å². The first-order valence-electron chi connectivity index (χ1n) is 6.53. The van der Waals surface area contributed by atoms with Crippen molar-refractivity contribution in [3.8, 4) is 5.75 Å². The lowest BCUT2D eigenvalue weighted by Gasteiger charge is -2.08. The minimum Gasteiger partial charge on any atom is -0.496 e. The Kier molecular flexibility index (Phi) is 4.40. The van der Waals surface area contributed by atoms with E-state index in [1.165, 1.54) is 16.7 Å². The van der Waals surface area contributed by atoms with Gasteiger partial charge in [0, 0.05) is 0 Å². The second kappa shape index (κ2) is 6.25. The van der Waals surface area contributed by atoms with Gasteiger partial charge in [-0.1, -0.05) is 49.4 Å². The predicted octanol–water partition coefficient (Wildman–Crippen LogP) is 4.04. The average Bonchev–Trinajstić information content (AvgIpc) is 2.46. The van der Waals surface area contributed by atoms with Gasteiger partial charge in [-0.2, -0.15) is 0 Å². The van der Waals surface area contributed by atoms with E-state index in [1.807, 2.05) is 12.1 Å². The summed E-state index contributed by atoms with van der Waals surface area (Å²) < 4.78 is 5.37. The van der Waals surface area contributed by atoms with Crippen molar-refractivity contribution in [3.05, 3.63) is 65.2 Å². The van der Waals surface area contributed by atoms with E-state index >= 15 is 0 Å². The number of hydrogen-bond acceptors (Lipinski definition) is 1. The van der Waals surface area contributed by atoms with E-state index < -0.39 is 0 Å². The summed E-state index contributed by atoms with van der Waals surface area (Å²) >= 11 is 0. The number of para-hydroxylation sites is 1. The van der Waals surface area contributed by atoms with Gasteiger partial charge >= 0.3 is 0 Å². The SMILES string of the molecule is CCc1ccc(CCc2ccccc2OC)cc1. The Hall–Kier alpha value is -1.76. The molecule has 0 amide bonds. The molecule has 0 saturated carbocycles.